The Bertz CT molecular complexity index is 756. The van der Waals surface area contributed by atoms with Crippen LogP contribution in [0.1, 0.15) is 34.7 Å². The Labute approximate surface area is 149 Å². The molecule has 0 radical (unpaired) electrons. The van der Waals surface area contributed by atoms with Crippen LogP contribution >= 0.6 is 0 Å². The zero-order valence-corrected chi connectivity index (χ0v) is 15.4. The number of rotatable bonds is 4. The van der Waals surface area contributed by atoms with Crippen molar-refractivity contribution < 1.29 is 9.53 Å². The summed E-state index contributed by atoms with van der Waals surface area (Å²) in [5.41, 5.74) is 2.66. The Kier molecular flexibility index (Phi) is 5.08. The van der Waals surface area contributed by atoms with E-state index >= 15 is 0 Å². The number of aromatic nitrogens is 2. The van der Waals surface area contributed by atoms with Crippen LogP contribution in [0.3, 0.4) is 0 Å². The van der Waals surface area contributed by atoms with Crippen LogP contribution in [0.4, 0.5) is 0 Å². The largest absolute Gasteiger partial charge is 0.496 e. The minimum absolute atomic E-state index is 0.00305. The summed E-state index contributed by atoms with van der Waals surface area (Å²) in [5.74, 6) is 0.864. The Morgan fingerprint density at radius 1 is 1.32 bits per heavy atom. The Balaban J connectivity index is 1.83. The van der Waals surface area contributed by atoms with E-state index in [4.69, 9.17) is 4.74 Å². The maximum absolute atomic E-state index is 12.9. The number of hydrogen-bond donors (Lipinski definition) is 0. The smallest absolute Gasteiger partial charge is 0.274 e. The van der Waals surface area contributed by atoms with Crippen molar-refractivity contribution >= 4 is 5.91 Å². The number of piperazine rings is 1. The van der Waals surface area contributed by atoms with Gasteiger partial charge in [-0.3, -0.25) is 14.4 Å². The van der Waals surface area contributed by atoms with Crippen LogP contribution in [0.25, 0.3) is 0 Å². The molecule has 0 unspecified atom stereocenters. The van der Waals surface area contributed by atoms with Crippen molar-refractivity contribution in [2.24, 2.45) is 0 Å². The monoisotopic (exact) mass is 342 g/mol. The van der Waals surface area contributed by atoms with E-state index in [1.54, 1.807) is 7.11 Å². The van der Waals surface area contributed by atoms with E-state index in [9.17, 15) is 4.79 Å². The van der Waals surface area contributed by atoms with Gasteiger partial charge in [0.05, 0.1) is 13.2 Å². The lowest BCUT2D eigenvalue weighted by atomic mass is 10.0. The van der Waals surface area contributed by atoms with Crippen molar-refractivity contribution in [1.82, 2.24) is 19.6 Å². The molecule has 1 aromatic carbocycles. The molecule has 1 aromatic heterocycles. The van der Waals surface area contributed by atoms with E-state index in [1.165, 1.54) is 0 Å². The summed E-state index contributed by atoms with van der Waals surface area (Å²) in [5, 5.41) is 4.44. The van der Waals surface area contributed by atoms with Crippen LogP contribution in [0.2, 0.25) is 0 Å². The summed E-state index contributed by atoms with van der Waals surface area (Å²) in [6.45, 7) is 6.94. The van der Waals surface area contributed by atoms with E-state index in [0.717, 1.165) is 30.1 Å². The zero-order chi connectivity index (χ0) is 18.0. The number of para-hydroxylation sites is 1. The first-order valence-corrected chi connectivity index (χ1v) is 8.72. The lowest BCUT2D eigenvalue weighted by Crippen LogP contribution is -2.49. The van der Waals surface area contributed by atoms with Crippen molar-refractivity contribution in [2.75, 3.05) is 33.8 Å². The molecule has 0 saturated carbocycles. The highest BCUT2D eigenvalue weighted by Crippen LogP contribution is 2.31. The SMILES string of the molecule is CCn1nc(C(=O)N2CCN(C)[C@H](c3ccccc3OC)C2)cc1C. The van der Waals surface area contributed by atoms with Gasteiger partial charge in [0.2, 0.25) is 0 Å². The lowest BCUT2D eigenvalue weighted by molar-refractivity contribution is 0.0536. The number of hydrogen-bond acceptors (Lipinski definition) is 4. The standard InChI is InChI=1S/C19H26N4O2/c1-5-23-14(2)12-16(20-23)19(24)22-11-10-21(3)17(13-22)15-8-6-7-9-18(15)25-4/h6-9,12,17H,5,10-11,13H2,1-4H3/t17-/m0/s1. The molecular formula is C19H26N4O2. The molecular weight excluding hydrogens is 316 g/mol. The number of amides is 1. The number of ether oxygens (including phenoxy) is 1. The van der Waals surface area contributed by atoms with E-state index in [2.05, 4.69) is 23.1 Å². The molecule has 1 fully saturated rings. The van der Waals surface area contributed by atoms with Gasteiger partial charge in [0, 0.05) is 37.4 Å². The molecule has 0 spiro atoms. The maximum atomic E-state index is 12.9. The van der Waals surface area contributed by atoms with Crippen molar-refractivity contribution in [3.8, 4) is 5.75 Å². The summed E-state index contributed by atoms with van der Waals surface area (Å²) in [6, 6.07) is 10.0. The van der Waals surface area contributed by atoms with Crippen molar-refractivity contribution in [3.05, 3.63) is 47.3 Å². The van der Waals surface area contributed by atoms with Gasteiger partial charge in [0.25, 0.3) is 5.91 Å². The molecule has 1 aliphatic heterocycles. The van der Waals surface area contributed by atoms with Gasteiger partial charge in [-0.15, -0.1) is 0 Å². The third-order valence-electron chi connectivity index (χ3n) is 4.93. The molecule has 2 heterocycles. The van der Waals surface area contributed by atoms with Crippen molar-refractivity contribution in [1.29, 1.82) is 0 Å². The number of nitrogens with zero attached hydrogens (tertiary/aromatic N) is 4. The molecule has 2 aromatic rings. The van der Waals surface area contributed by atoms with E-state index in [1.807, 2.05) is 47.7 Å². The summed E-state index contributed by atoms with van der Waals surface area (Å²) < 4.78 is 7.38. The minimum Gasteiger partial charge on any atom is -0.496 e. The fourth-order valence-corrected chi connectivity index (χ4v) is 3.43. The molecule has 1 amide bonds. The second-order valence-electron chi connectivity index (χ2n) is 6.48. The quantitative estimate of drug-likeness (QED) is 0.856. The molecule has 0 aliphatic carbocycles. The molecule has 0 N–H and O–H groups in total. The number of carbonyl (C=O) groups excluding carboxylic acids is 1. The number of likely N-dealkylation sites (N-methyl/N-ethyl adjacent to an activating group) is 1. The molecule has 25 heavy (non-hydrogen) atoms. The first-order valence-electron chi connectivity index (χ1n) is 8.72. The average Bonchev–Trinajstić information content (AvgIpc) is 3.02. The maximum Gasteiger partial charge on any atom is 0.274 e. The van der Waals surface area contributed by atoms with Crippen LogP contribution in [0.5, 0.6) is 5.75 Å². The Hall–Kier alpha value is -2.34. The van der Waals surface area contributed by atoms with E-state index in [-0.39, 0.29) is 11.9 Å². The number of benzene rings is 1. The highest BCUT2D eigenvalue weighted by atomic mass is 16.5. The van der Waals surface area contributed by atoms with Gasteiger partial charge >= 0.3 is 0 Å². The van der Waals surface area contributed by atoms with Gasteiger partial charge in [-0.1, -0.05) is 18.2 Å². The fourth-order valence-electron chi connectivity index (χ4n) is 3.43. The Morgan fingerprint density at radius 3 is 2.76 bits per heavy atom. The average molecular weight is 342 g/mol. The first-order chi connectivity index (χ1) is 12.0. The normalized spacial score (nSPS) is 18.4. The summed E-state index contributed by atoms with van der Waals surface area (Å²) in [4.78, 5) is 17.1. The van der Waals surface area contributed by atoms with Gasteiger partial charge in [0.15, 0.2) is 5.69 Å². The van der Waals surface area contributed by atoms with Crippen molar-refractivity contribution in [2.45, 2.75) is 26.4 Å². The number of carbonyl (C=O) groups is 1. The molecule has 6 nitrogen and oxygen atoms in total. The van der Waals surface area contributed by atoms with Crippen LogP contribution in [0.15, 0.2) is 30.3 Å². The molecule has 3 rings (SSSR count). The second-order valence-corrected chi connectivity index (χ2v) is 6.48. The number of methoxy groups -OCH3 is 1. The van der Waals surface area contributed by atoms with E-state index in [0.29, 0.717) is 18.8 Å². The molecule has 0 bridgehead atoms. The third-order valence-corrected chi connectivity index (χ3v) is 4.93. The highest BCUT2D eigenvalue weighted by Gasteiger charge is 2.31. The van der Waals surface area contributed by atoms with Gasteiger partial charge in [-0.05, 0) is 33.0 Å². The predicted molar refractivity (Wildman–Crippen MR) is 96.9 cm³/mol. The lowest BCUT2D eigenvalue weighted by Gasteiger charge is -2.39. The predicted octanol–water partition coefficient (Wildman–Crippen LogP) is 2.35. The minimum atomic E-state index is 0.00305. The van der Waals surface area contributed by atoms with Gasteiger partial charge < -0.3 is 9.64 Å². The van der Waals surface area contributed by atoms with Gasteiger partial charge in [-0.25, -0.2) is 0 Å². The topological polar surface area (TPSA) is 50.6 Å². The molecule has 1 atom stereocenters. The molecule has 1 saturated heterocycles. The van der Waals surface area contributed by atoms with Crippen LogP contribution in [0, 0.1) is 6.92 Å². The van der Waals surface area contributed by atoms with Gasteiger partial charge in [-0.2, -0.15) is 5.10 Å². The fraction of sp³-hybridized carbons (Fsp3) is 0.474. The Morgan fingerprint density at radius 2 is 2.08 bits per heavy atom. The van der Waals surface area contributed by atoms with Crippen LogP contribution in [-0.4, -0.2) is 59.3 Å². The molecule has 1 aliphatic rings. The molecule has 134 valence electrons. The summed E-state index contributed by atoms with van der Waals surface area (Å²) in [7, 11) is 3.78. The second kappa shape index (κ2) is 7.27. The summed E-state index contributed by atoms with van der Waals surface area (Å²) in [6.07, 6.45) is 0. The van der Waals surface area contributed by atoms with Crippen molar-refractivity contribution in [3.63, 3.8) is 0 Å². The van der Waals surface area contributed by atoms with Crippen LogP contribution < -0.4 is 4.74 Å². The van der Waals surface area contributed by atoms with Gasteiger partial charge in [0.1, 0.15) is 5.75 Å². The third kappa shape index (κ3) is 3.39. The van der Waals surface area contributed by atoms with E-state index < -0.39 is 0 Å². The summed E-state index contributed by atoms with van der Waals surface area (Å²) >= 11 is 0. The highest BCUT2D eigenvalue weighted by molar-refractivity contribution is 5.92. The molecule has 6 heteroatoms. The number of aryl methyl sites for hydroxylation is 2. The first kappa shape index (κ1) is 17.5. The zero-order valence-electron chi connectivity index (χ0n) is 15.4. The van der Waals surface area contributed by atoms with Crippen LogP contribution in [-0.2, 0) is 6.54 Å².